The molecule has 172 valence electrons. The van der Waals surface area contributed by atoms with Gasteiger partial charge < -0.3 is 14.8 Å². The topological polar surface area (TPSA) is 102 Å². The van der Waals surface area contributed by atoms with E-state index in [1.54, 1.807) is 49.4 Å². The van der Waals surface area contributed by atoms with Gasteiger partial charge in [-0.15, -0.1) is 0 Å². The van der Waals surface area contributed by atoms with Gasteiger partial charge in [0.25, 0.3) is 17.7 Å². The monoisotopic (exact) mass is 458 g/mol. The zero-order valence-electron chi connectivity index (χ0n) is 18.7. The number of aryl methyl sites for hydroxylation is 1. The number of rotatable bonds is 7. The molecule has 8 nitrogen and oxygen atoms in total. The second-order valence-electron chi connectivity index (χ2n) is 7.55. The van der Waals surface area contributed by atoms with Gasteiger partial charge in [0.1, 0.15) is 5.75 Å². The standard InChI is InChI=1S/C26H22N2O6/c1-3-33-22-11-7-5-9-20(22)27-23(29)15-34-26(32)17-12-13-18-19(14-17)25(31)28(24(18)30)21-10-6-4-8-16(21)2/h4-14H,3,15H2,1-2H3,(H,27,29). The van der Waals surface area contributed by atoms with Crippen LogP contribution < -0.4 is 15.0 Å². The van der Waals surface area contributed by atoms with Gasteiger partial charge in [0.05, 0.1) is 34.7 Å². The van der Waals surface area contributed by atoms with Crippen molar-refractivity contribution < 1.29 is 28.7 Å². The summed E-state index contributed by atoms with van der Waals surface area (Å²) in [7, 11) is 0. The highest BCUT2D eigenvalue weighted by molar-refractivity contribution is 6.35. The Kier molecular flexibility index (Phi) is 6.40. The molecule has 0 saturated carbocycles. The number of fused-ring (bicyclic) bond motifs is 1. The van der Waals surface area contributed by atoms with E-state index in [1.165, 1.54) is 18.2 Å². The Morgan fingerprint density at radius 2 is 1.62 bits per heavy atom. The van der Waals surface area contributed by atoms with Crippen LogP contribution in [0.5, 0.6) is 5.75 Å². The third-order valence-electron chi connectivity index (χ3n) is 5.27. The minimum atomic E-state index is -0.786. The normalized spacial score (nSPS) is 12.4. The molecule has 0 saturated heterocycles. The second kappa shape index (κ2) is 9.58. The molecule has 8 heteroatoms. The molecule has 1 heterocycles. The highest BCUT2D eigenvalue weighted by atomic mass is 16.5. The maximum Gasteiger partial charge on any atom is 0.338 e. The molecule has 1 N–H and O–H groups in total. The van der Waals surface area contributed by atoms with Crippen LogP contribution in [0.1, 0.15) is 43.6 Å². The van der Waals surface area contributed by atoms with Crippen molar-refractivity contribution in [3.8, 4) is 5.75 Å². The summed E-state index contributed by atoms with van der Waals surface area (Å²) in [6.07, 6.45) is 0. The molecule has 0 bridgehead atoms. The lowest BCUT2D eigenvalue weighted by molar-refractivity contribution is -0.119. The molecule has 3 aromatic carbocycles. The number of carbonyl (C=O) groups is 4. The lowest BCUT2D eigenvalue weighted by Gasteiger charge is -2.16. The number of benzene rings is 3. The van der Waals surface area contributed by atoms with Gasteiger partial charge in [0.2, 0.25) is 0 Å². The molecular formula is C26H22N2O6. The third-order valence-corrected chi connectivity index (χ3v) is 5.27. The molecule has 0 spiro atoms. The number of hydrogen-bond donors (Lipinski definition) is 1. The van der Waals surface area contributed by atoms with Crippen LogP contribution in [0.25, 0.3) is 0 Å². The summed E-state index contributed by atoms with van der Waals surface area (Å²) < 4.78 is 10.6. The number of imide groups is 1. The molecule has 0 atom stereocenters. The average Bonchev–Trinajstić information content (AvgIpc) is 3.08. The molecule has 0 fully saturated rings. The van der Waals surface area contributed by atoms with Crippen LogP contribution in [0.3, 0.4) is 0 Å². The van der Waals surface area contributed by atoms with Gasteiger partial charge in [0.15, 0.2) is 6.61 Å². The minimum absolute atomic E-state index is 0.0639. The van der Waals surface area contributed by atoms with Crippen molar-refractivity contribution in [3.05, 3.63) is 89.0 Å². The zero-order valence-corrected chi connectivity index (χ0v) is 18.7. The fraction of sp³-hybridized carbons (Fsp3) is 0.154. The minimum Gasteiger partial charge on any atom is -0.492 e. The van der Waals surface area contributed by atoms with Gasteiger partial charge in [-0.2, -0.15) is 0 Å². The quantitative estimate of drug-likeness (QED) is 0.424. The lowest BCUT2D eigenvalue weighted by atomic mass is 10.1. The summed E-state index contributed by atoms with van der Waals surface area (Å²) in [5, 5.41) is 2.64. The highest BCUT2D eigenvalue weighted by Gasteiger charge is 2.37. The predicted octanol–water partition coefficient (Wildman–Crippen LogP) is 3.99. The van der Waals surface area contributed by atoms with E-state index in [0.29, 0.717) is 23.7 Å². The van der Waals surface area contributed by atoms with E-state index in [4.69, 9.17) is 9.47 Å². The molecule has 1 aliphatic heterocycles. The van der Waals surface area contributed by atoms with Crippen LogP contribution >= 0.6 is 0 Å². The van der Waals surface area contributed by atoms with E-state index in [0.717, 1.165) is 10.5 Å². The molecule has 0 unspecified atom stereocenters. The van der Waals surface area contributed by atoms with Crippen molar-refractivity contribution in [2.45, 2.75) is 13.8 Å². The first-order valence-electron chi connectivity index (χ1n) is 10.7. The number of hydrogen-bond acceptors (Lipinski definition) is 6. The van der Waals surface area contributed by atoms with Crippen molar-refractivity contribution in [1.29, 1.82) is 0 Å². The second-order valence-corrected chi connectivity index (χ2v) is 7.55. The van der Waals surface area contributed by atoms with Crippen LogP contribution in [0, 0.1) is 6.92 Å². The lowest BCUT2D eigenvalue weighted by Crippen LogP contribution is -2.29. The van der Waals surface area contributed by atoms with Crippen LogP contribution in [-0.2, 0) is 9.53 Å². The van der Waals surface area contributed by atoms with Gasteiger partial charge in [0, 0.05) is 0 Å². The first-order valence-corrected chi connectivity index (χ1v) is 10.7. The molecular weight excluding hydrogens is 436 g/mol. The number of nitrogens with one attached hydrogen (secondary N) is 1. The predicted molar refractivity (Wildman–Crippen MR) is 125 cm³/mol. The molecule has 34 heavy (non-hydrogen) atoms. The molecule has 0 radical (unpaired) electrons. The summed E-state index contributed by atoms with van der Waals surface area (Å²) in [6, 6.07) is 18.1. The number of para-hydroxylation sites is 3. The first-order chi connectivity index (χ1) is 16.4. The number of anilines is 2. The van der Waals surface area contributed by atoms with Gasteiger partial charge in [-0.1, -0.05) is 30.3 Å². The number of esters is 1. The average molecular weight is 458 g/mol. The number of ether oxygens (including phenoxy) is 2. The Hall–Kier alpha value is -4.46. The first kappa shape index (κ1) is 22.7. The Morgan fingerprint density at radius 1 is 0.912 bits per heavy atom. The molecule has 0 aromatic heterocycles. The summed E-state index contributed by atoms with van der Waals surface area (Å²) >= 11 is 0. The summed E-state index contributed by atoms with van der Waals surface area (Å²) in [5.74, 6) is -1.80. The highest BCUT2D eigenvalue weighted by Crippen LogP contribution is 2.31. The van der Waals surface area contributed by atoms with Crippen LogP contribution in [0.15, 0.2) is 66.7 Å². The van der Waals surface area contributed by atoms with Crippen LogP contribution in [0.2, 0.25) is 0 Å². The van der Waals surface area contributed by atoms with E-state index in [2.05, 4.69) is 5.32 Å². The molecule has 0 aliphatic carbocycles. The molecule has 1 aliphatic rings. The van der Waals surface area contributed by atoms with E-state index < -0.39 is 30.3 Å². The molecule has 3 amide bonds. The summed E-state index contributed by atoms with van der Waals surface area (Å²) in [5.41, 5.74) is 2.10. The summed E-state index contributed by atoms with van der Waals surface area (Å²) in [6.45, 7) is 3.54. The third kappa shape index (κ3) is 4.38. The van der Waals surface area contributed by atoms with Gasteiger partial charge in [-0.3, -0.25) is 14.4 Å². The smallest absolute Gasteiger partial charge is 0.338 e. The number of nitrogens with zero attached hydrogens (tertiary/aromatic N) is 1. The maximum absolute atomic E-state index is 13.0. The number of carbonyl (C=O) groups excluding carboxylic acids is 4. The Bertz CT molecular complexity index is 1300. The van der Waals surface area contributed by atoms with Crippen molar-refractivity contribution in [3.63, 3.8) is 0 Å². The van der Waals surface area contributed by atoms with E-state index in [9.17, 15) is 19.2 Å². The fourth-order valence-electron chi connectivity index (χ4n) is 3.65. The summed E-state index contributed by atoms with van der Waals surface area (Å²) in [4.78, 5) is 51.7. The molecule has 3 aromatic rings. The van der Waals surface area contributed by atoms with Crippen LogP contribution in [0.4, 0.5) is 11.4 Å². The van der Waals surface area contributed by atoms with E-state index >= 15 is 0 Å². The largest absolute Gasteiger partial charge is 0.492 e. The Labute approximate surface area is 196 Å². The Morgan fingerprint density at radius 3 is 2.38 bits per heavy atom. The van der Waals surface area contributed by atoms with Crippen molar-refractivity contribution in [1.82, 2.24) is 0 Å². The maximum atomic E-state index is 13.0. The van der Waals surface area contributed by atoms with E-state index in [-0.39, 0.29) is 16.7 Å². The van der Waals surface area contributed by atoms with Crippen LogP contribution in [-0.4, -0.2) is 36.9 Å². The van der Waals surface area contributed by atoms with Crippen molar-refractivity contribution >= 4 is 35.1 Å². The van der Waals surface area contributed by atoms with Crippen molar-refractivity contribution in [2.24, 2.45) is 0 Å². The van der Waals surface area contributed by atoms with Gasteiger partial charge in [-0.25, -0.2) is 9.69 Å². The number of amides is 3. The Balaban J connectivity index is 1.45. The van der Waals surface area contributed by atoms with E-state index in [1.807, 2.05) is 13.0 Å². The van der Waals surface area contributed by atoms with Gasteiger partial charge in [-0.05, 0) is 55.8 Å². The SMILES string of the molecule is CCOc1ccccc1NC(=O)COC(=O)c1ccc2c(c1)C(=O)N(c1ccccc1C)C2=O. The van der Waals surface area contributed by atoms with Gasteiger partial charge >= 0.3 is 5.97 Å². The zero-order chi connectivity index (χ0) is 24.2. The molecule has 4 rings (SSSR count). The fourth-order valence-corrected chi connectivity index (χ4v) is 3.65. The van der Waals surface area contributed by atoms with Crippen molar-refractivity contribution in [2.75, 3.05) is 23.4 Å².